The molecule has 0 radical (unpaired) electrons. The molecule has 0 saturated carbocycles. The van der Waals surface area contributed by atoms with Gasteiger partial charge < -0.3 is 14.8 Å². The van der Waals surface area contributed by atoms with Gasteiger partial charge in [0.2, 0.25) is 15.9 Å². The maximum atomic E-state index is 12.5. The van der Waals surface area contributed by atoms with Crippen molar-refractivity contribution in [3.63, 3.8) is 0 Å². The summed E-state index contributed by atoms with van der Waals surface area (Å²) in [6, 6.07) is 13.6. The van der Waals surface area contributed by atoms with Gasteiger partial charge in [0.05, 0.1) is 31.7 Å². The SMILES string of the molecule is CCOc1ccc(N(CC(=O)N[C@H](C)c2ccc(OC)cc2)S(C)(=O)=O)cc1. The molecule has 2 rings (SSSR count). The zero-order valence-corrected chi connectivity index (χ0v) is 17.3. The van der Waals surface area contributed by atoms with Crippen molar-refractivity contribution < 1.29 is 22.7 Å². The van der Waals surface area contributed by atoms with E-state index in [9.17, 15) is 13.2 Å². The van der Waals surface area contributed by atoms with Gasteiger partial charge in [0.25, 0.3) is 0 Å². The van der Waals surface area contributed by atoms with Crippen molar-refractivity contribution >= 4 is 21.6 Å². The van der Waals surface area contributed by atoms with E-state index >= 15 is 0 Å². The lowest BCUT2D eigenvalue weighted by atomic mass is 10.1. The Labute approximate surface area is 166 Å². The number of carbonyl (C=O) groups excluding carboxylic acids is 1. The number of nitrogens with one attached hydrogen (secondary N) is 1. The smallest absolute Gasteiger partial charge is 0.241 e. The molecule has 0 bridgehead atoms. The number of amides is 1. The third kappa shape index (κ3) is 5.88. The molecule has 0 saturated heterocycles. The third-order valence-corrected chi connectivity index (χ3v) is 5.26. The van der Waals surface area contributed by atoms with E-state index in [0.29, 0.717) is 18.0 Å². The van der Waals surface area contributed by atoms with Crippen LogP contribution in [0.25, 0.3) is 0 Å². The van der Waals surface area contributed by atoms with Crippen LogP contribution in [0, 0.1) is 0 Å². The summed E-state index contributed by atoms with van der Waals surface area (Å²) in [4.78, 5) is 12.5. The molecule has 0 heterocycles. The van der Waals surface area contributed by atoms with Crippen molar-refractivity contribution in [3.8, 4) is 11.5 Å². The average molecular weight is 407 g/mol. The van der Waals surface area contributed by atoms with Crippen molar-refractivity contribution in [1.82, 2.24) is 5.32 Å². The first-order chi connectivity index (χ1) is 13.2. The maximum Gasteiger partial charge on any atom is 0.241 e. The van der Waals surface area contributed by atoms with Gasteiger partial charge in [-0.1, -0.05) is 12.1 Å². The van der Waals surface area contributed by atoms with Crippen LogP contribution in [0.15, 0.2) is 48.5 Å². The summed E-state index contributed by atoms with van der Waals surface area (Å²) in [6.45, 7) is 3.90. The van der Waals surface area contributed by atoms with Crippen LogP contribution < -0.4 is 19.1 Å². The van der Waals surface area contributed by atoms with Crippen LogP contribution in [0.3, 0.4) is 0 Å². The van der Waals surface area contributed by atoms with Crippen LogP contribution in [-0.2, 0) is 14.8 Å². The second kappa shape index (κ2) is 9.45. The molecule has 8 heteroatoms. The average Bonchev–Trinajstić information content (AvgIpc) is 2.66. The fourth-order valence-electron chi connectivity index (χ4n) is 2.67. The largest absolute Gasteiger partial charge is 0.497 e. The monoisotopic (exact) mass is 406 g/mol. The summed E-state index contributed by atoms with van der Waals surface area (Å²) in [7, 11) is -2.05. The van der Waals surface area contributed by atoms with E-state index in [2.05, 4.69) is 5.32 Å². The number of rotatable bonds is 9. The van der Waals surface area contributed by atoms with Crippen LogP contribution in [-0.4, -0.2) is 40.8 Å². The highest BCUT2D eigenvalue weighted by Crippen LogP contribution is 2.22. The van der Waals surface area contributed by atoms with Crippen molar-refractivity contribution in [3.05, 3.63) is 54.1 Å². The number of anilines is 1. The predicted octanol–water partition coefficient (Wildman–Crippen LogP) is 2.74. The summed E-state index contributed by atoms with van der Waals surface area (Å²) in [6.07, 6.45) is 1.07. The molecular weight excluding hydrogens is 380 g/mol. The van der Waals surface area contributed by atoms with Gasteiger partial charge in [-0.05, 0) is 55.8 Å². The van der Waals surface area contributed by atoms with Gasteiger partial charge in [-0.15, -0.1) is 0 Å². The first kappa shape index (κ1) is 21.6. The molecular formula is C20H26N2O5S. The van der Waals surface area contributed by atoms with Gasteiger partial charge in [0, 0.05) is 0 Å². The number of ether oxygens (including phenoxy) is 2. The number of nitrogens with zero attached hydrogens (tertiary/aromatic N) is 1. The molecule has 0 unspecified atom stereocenters. The molecule has 0 aliphatic rings. The van der Waals surface area contributed by atoms with Crippen molar-refractivity contribution in [2.75, 3.05) is 30.8 Å². The lowest BCUT2D eigenvalue weighted by molar-refractivity contribution is -0.120. The summed E-state index contributed by atoms with van der Waals surface area (Å²) in [5.74, 6) is 0.959. The van der Waals surface area contributed by atoms with E-state index in [-0.39, 0.29) is 12.6 Å². The van der Waals surface area contributed by atoms with E-state index in [0.717, 1.165) is 21.9 Å². The van der Waals surface area contributed by atoms with Crippen molar-refractivity contribution in [2.45, 2.75) is 19.9 Å². The van der Waals surface area contributed by atoms with Crippen LogP contribution in [0.1, 0.15) is 25.5 Å². The number of benzene rings is 2. The van der Waals surface area contributed by atoms with Gasteiger partial charge in [0.1, 0.15) is 18.0 Å². The molecule has 0 aromatic heterocycles. The Balaban J connectivity index is 2.10. The first-order valence-electron chi connectivity index (χ1n) is 8.88. The van der Waals surface area contributed by atoms with Gasteiger partial charge in [0.15, 0.2) is 0 Å². The van der Waals surface area contributed by atoms with Crippen LogP contribution >= 0.6 is 0 Å². The summed E-state index contributed by atoms with van der Waals surface area (Å²) < 4.78 is 36.0. The van der Waals surface area contributed by atoms with Gasteiger partial charge >= 0.3 is 0 Å². The zero-order chi connectivity index (χ0) is 20.7. The van der Waals surface area contributed by atoms with E-state index in [4.69, 9.17) is 9.47 Å². The summed E-state index contributed by atoms with van der Waals surface area (Å²) in [5.41, 5.74) is 1.29. The van der Waals surface area contributed by atoms with Crippen LogP contribution in [0.2, 0.25) is 0 Å². The van der Waals surface area contributed by atoms with Crippen LogP contribution in [0.5, 0.6) is 11.5 Å². The molecule has 1 amide bonds. The minimum atomic E-state index is -3.63. The maximum absolute atomic E-state index is 12.5. The number of hydrogen-bond donors (Lipinski definition) is 1. The van der Waals surface area contributed by atoms with Gasteiger partial charge in [-0.2, -0.15) is 0 Å². The molecule has 0 aliphatic heterocycles. The summed E-state index contributed by atoms with van der Waals surface area (Å²) in [5, 5.41) is 2.83. The Hall–Kier alpha value is -2.74. The van der Waals surface area contributed by atoms with Gasteiger partial charge in [-0.3, -0.25) is 9.10 Å². The number of methoxy groups -OCH3 is 1. The zero-order valence-electron chi connectivity index (χ0n) is 16.5. The quantitative estimate of drug-likeness (QED) is 0.692. The fourth-order valence-corrected chi connectivity index (χ4v) is 3.53. The normalized spacial score (nSPS) is 12.1. The predicted molar refractivity (Wildman–Crippen MR) is 109 cm³/mol. The standard InChI is InChI=1S/C20H26N2O5S/c1-5-27-19-12-8-17(9-13-19)22(28(4,24)25)14-20(23)21-15(2)16-6-10-18(26-3)11-7-16/h6-13,15H,5,14H2,1-4H3,(H,21,23)/t15-/m1/s1. The van der Waals surface area contributed by atoms with Gasteiger partial charge in [-0.25, -0.2) is 8.42 Å². The molecule has 1 N–H and O–H groups in total. The molecule has 1 atom stereocenters. The Morgan fingerprint density at radius 1 is 1.07 bits per heavy atom. The van der Waals surface area contributed by atoms with E-state index in [1.54, 1.807) is 43.5 Å². The molecule has 2 aromatic carbocycles. The Morgan fingerprint density at radius 3 is 2.14 bits per heavy atom. The molecule has 152 valence electrons. The molecule has 0 spiro atoms. The van der Waals surface area contributed by atoms with Crippen LogP contribution in [0.4, 0.5) is 5.69 Å². The number of carbonyl (C=O) groups is 1. The van der Waals surface area contributed by atoms with E-state index in [1.807, 2.05) is 26.0 Å². The minimum absolute atomic E-state index is 0.278. The molecule has 28 heavy (non-hydrogen) atoms. The van der Waals surface area contributed by atoms with Crippen molar-refractivity contribution in [1.29, 1.82) is 0 Å². The minimum Gasteiger partial charge on any atom is -0.497 e. The fraction of sp³-hybridized carbons (Fsp3) is 0.350. The number of sulfonamides is 1. The van der Waals surface area contributed by atoms with E-state index in [1.165, 1.54) is 0 Å². The molecule has 0 aliphatic carbocycles. The highest BCUT2D eigenvalue weighted by molar-refractivity contribution is 7.92. The van der Waals surface area contributed by atoms with Crippen molar-refractivity contribution in [2.24, 2.45) is 0 Å². The Morgan fingerprint density at radius 2 is 1.64 bits per heavy atom. The lowest BCUT2D eigenvalue weighted by Gasteiger charge is -2.23. The molecule has 2 aromatic rings. The highest BCUT2D eigenvalue weighted by Gasteiger charge is 2.22. The Bertz CT molecular complexity index is 880. The lowest BCUT2D eigenvalue weighted by Crippen LogP contribution is -2.41. The molecule has 7 nitrogen and oxygen atoms in total. The second-order valence-corrected chi connectivity index (χ2v) is 8.17. The first-order valence-corrected chi connectivity index (χ1v) is 10.7. The topological polar surface area (TPSA) is 84.9 Å². The Kier molecular flexibility index (Phi) is 7.28. The summed E-state index contributed by atoms with van der Waals surface area (Å²) >= 11 is 0. The third-order valence-electron chi connectivity index (χ3n) is 4.12. The van der Waals surface area contributed by atoms with E-state index < -0.39 is 15.9 Å². The highest BCUT2D eigenvalue weighted by atomic mass is 32.2. The number of hydrogen-bond acceptors (Lipinski definition) is 5. The second-order valence-electron chi connectivity index (χ2n) is 6.26. The molecule has 0 fully saturated rings.